The van der Waals surface area contributed by atoms with E-state index in [4.69, 9.17) is 5.73 Å². The Kier molecular flexibility index (Phi) is 4.65. The zero-order valence-electron chi connectivity index (χ0n) is 12.3. The van der Waals surface area contributed by atoms with Crippen molar-refractivity contribution in [3.8, 4) is 0 Å². The number of anilines is 1. The molecule has 2 N–H and O–H groups in total. The van der Waals surface area contributed by atoms with E-state index < -0.39 is 10.0 Å². The summed E-state index contributed by atoms with van der Waals surface area (Å²) in [4.78, 5) is 0. The second kappa shape index (κ2) is 6.28. The molecule has 0 bridgehead atoms. The average molecular weight is 304 g/mol. The van der Waals surface area contributed by atoms with Gasteiger partial charge in [-0.05, 0) is 29.7 Å². The van der Waals surface area contributed by atoms with Crippen LogP contribution in [-0.4, -0.2) is 15.5 Å². The molecule has 5 heteroatoms. The molecule has 2 aromatic carbocycles. The number of sulfonamides is 1. The van der Waals surface area contributed by atoms with E-state index in [9.17, 15) is 8.42 Å². The van der Waals surface area contributed by atoms with Gasteiger partial charge in [-0.3, -0.25) is 4.31 Å². The lowest BCUT2D eigenvalue weighted by Gasteiger charge is -2.22. The highest BCUT2D eigenvalue weighted by molar-refractivity contribution is 7.92. The predicted molar refractivity (Wildman–Crippen MR) is 86.5 cm³/mol. The largest absolute Gasteiger partial charge is 0.326 e. The lowest BCUT2D eigenvalue weighted by atomic mass is 10.1. The van der Waals surface area contributed by atoms with Crippen LogP contribution in [0.5, 0.6) is 0 Å². The van der Waals surface area contributed by atoms with Gasteiger partial charge in [0, 0.05) is 13.6 Å². The van der Waals surface area contributed by atoms with Gasteiger partial charge in [0.15, 0.2) is 0 Å². The molecule has 112 valence electrons. The van der Waals surface area contributed by atoms with E-state index >= 15 is 0 Å². The van der Waals surface area contributed by atoms with Crippen molar-refractivity contribution in [3.63, 3.8) is 0 Å². The third-order valence-corrected chi connectivity index (χ3v) is 5.26. The number of benzene rings is 2. The zero-order valence-corrected chi connectivity index (χ0v) is 13.1. The molecule has 2 aromatic rings. The number of hydrogen-bond donors (Lipinski definition) is 1. The number of hydrogen-bond acceptors (Lipinski definition) is 3. The van der Waals surface area contributed by atoms with E-state index in [1.165, 1.54) is 4.31 Å². The van der Waals surface area contributed by atoms with Crippen molar-refractivity contribution in [1.82, 2.24) is 0 Å². The summed E-state index contributed by atoms with van der Waals surface area (Å²) in [5.41, 5.74) is 8.91. The van der Waals surface area contributed by atoms with E-state index in [-0.39, 0.29) is 5.75 Å². The van der Waals surface area contributed by atoms with Crippen molar-refractivity contribution >= 4 is 15.7 Å². The number of aryl methyl sites for hydroxylation is 1. The maximum Gasteiger partial charge on any atom is 0.239 e. The van der Waals surface area contributed by atoms with Crippen molar-refractivity contribution in [1.29, 1.82) is 0 Å². The SMILES string of the molecule is Cc1ccccc1N(C)S(=O)(=O)Cc1ccccc1CN. The Balaban J connectivity index is 2.32. The van der Waals surface area contributed by atoms with Crippen LogP contribution >= 0.6 is 0 Å². The van der Waals surface area contributed by atoms with Gasteiger partial charge in [-0.1, -0.05) is 42.5 Å². The van der Waals surface area contributed by atoms with Crippen molar-refractivity contribution < 1.29 is 8.42 Å². The Bertz CT molecular complexity index is 727. The first kappa shape index (κ1) is 15.5. The highest BCUT2D eigenvalue weighted by Crippen LogP contribution is 2.23. The molecule has 0 saturated heterocycles. The summed E-state index contributed by atoms with van der Waals surface area (Å²) in [7, 11) is -1.86. The monoisotopic (exact) mass is 304 g/mol. The van der Waals surface area contributed by atoms with Gasteiger partial charge in [0.1, 0.15) is 0 Å². The Morgan fingerprint density at radius 2 is 1.57 bits per heavy atom. The highest BCUT2D eigenvalue weighted by Gasteiger charge is 2.21. The summed E-state index contributed by atoms with van der Waals surface area (Å²) in [6, 6.07) is 14.8. The molecule has 4 nitrogen and oxygen atoms in total. The smallest absolute Gasteiger partial charge is 0.239 e. The van der Waals surface area contributed by atoms with E-state index in [2.05, 4.69) is 0 Å². The summed E-state index contributed by atoms with van der Waals surface area (Å²) in [6.45, 7) is 2.23. The van der Waals surface area contributed by atoms with Gasteiger partial charge in [0.2, 0.25) is 10.0 Å². The first-order valence-corrected chi connectivity index (χ1v) is 8.35. The molecular weight excluding hydrogens is 284 g/mol. The van der Waals surface area contributed by atoms with E-state index in [0.29, 0.717) is 12.2 Å². The predicted octanol–water partition coefficient (Wildman–Crippen LogP) is 2.42. The van der Waals surface area contributed by atoms with Gasteiger partial charge in [-0.15, -0.1) is 0 Å². The van der Waals surface area contributed by atoms with Crippen LogP contribution in [0.4, 0.5) is 5.69 Å². The van der Waals surface area contributed by atoms with Gasteiger partial charge in [-0.25, -0.2) is 8.42 Å². The summed E-state index contributed by atoms with van der Waals surface area (Å²) in [6.07, 6.45) is 0. The van der Waals surface area contributed by atoms with Crippen LogP contribution in [-0.2, 0) is 22.3 Å². The lowest BCUT2D eigenvalue weighted by molar-refractivity contribution is 0.593. The quantitative estimate of drug-likeness (QED) is 0.922. The number of nitrogens with zero attached hydrogens (tertiary/aromatic N) is 1. The zero-order chi connectivity index (χ0) is 15.5. The van der Waals surface area contributed by atoms with Gasteiger partial charge in [0.05, 0.1) is 11.4 Å². The van der Waals surface area contributed by atoms with Crippen LogP contribution in [0.2, 0.25) is 0 Å². The summed E-state index contributed by atoms with van der Waals surface area (Å²) < 4.78 is 26.6. The molecule has 0 saturated carbocycles. The molecule has 0 aliphatic rings. The van der Waals surface area contributed by atoms with Crippen molar-refractivity contribution in [3.05, 3.63) is 65.2 Å². The number of rotatable bonds is 5. The van der Waals surface area contributed by atoms with Crippen LogP contribution in [0.25, 0.3) is 0 Å². The molecule has 0 heterocycles. The summed E-state index contributed by atoms with van der Waals surface area (Å²) >= 11 is 0. The summed E-state index contributed by atoms with van der Waals surface area (Å²) in [5.74, 6) is -0.0504. The molecule has 0 spiro atoms. The third kappa shape index (κ3) is 3.43. The molecule has 0 aromatic heterocycles. The topological polar surface area (TPSA) is 63.4 Å². The van der Waals surface area contributed by atoms with Crippen LogP contribution in [0, 0.1) is 6.92 Å². The molecule has 0 aliphatic carbocycles. The first-order chi connectivity index (χ1) is 9.95. The van der Waals surface area contributed by atoms with E-state index in [1.54, 1.807) is 7.05 Å². The fraction of sp³-hybridized carbons (Fsp3) is 0.250. The van der Waals surface area contributed by atoms with Crippen LogP contribution in [0.15, 0.2) is 48.5 Å². The van der Waals surface area contributed by atoms with Crippen LogP contribution in [0.3, 0.4) is 0 Å². The first-order valence-electron chi connectivity index (χ1n) is 6.75. The van der Waals surface area contributed by atoms with Gasteiger partial charge in [0.25, 0.3) is 0 Å². The second-order valence-corrected chi connectivity index (χ2v) is 6.98. The Morgan fingerprint density at radius 3 is 2.19 bits per heavy atom. The second-order valence-electron chi connectivity index (χ2n) is 4.98. The Morgan fingerprint density at radius 1 is 1.00 bits per heavy atom. The maximum absolute atomic E-state index is 12.6. The molecule has 0 atom stereocenters. The van der Waals surface area contributed by atoms with Crippen LogP contribution < -0.4 is 10.0 Å². The minimum absolute atomic E-state index is 0.0504. The molecule has 21 heavy (non-hydrogen) atoms. The lowest BCUT2D eigenvalue weighted by Crippen LogP contribution is -2.28. The molecule has 0 unspecified atom stereocenters. The molecule has 0 fully saturated rings. The van der Waals surface area contributed by atoms with E-state index in [1.807, 2.05) is 55.5 Å². The minimum Gasteiger partial charge on any atom is -0.326 e. The van der Waals surface area contributed by atoms with Crippen molar-refractivity contribution in [2.75, 3.05) is 11.4 Å². The van der Waals surface area contributed by atoms with Crippen LogP contribution in [0.1, 0.15) is 16.7 Å². The van der Waals surface area contributed by atoms with Crippen molar-refractivity contribution in [2.24, 2.45) is 5.73 Å². The normalized spacial score (nSPS) is 11.4. The van der Waals surface area contributed by atoms with E-state index in [0.717, 1.165) is 16.7 Å². The third-order valence-electron chi connectivity index (χ3n) is 3.55. The molecular formula is C16H20N2O2S. The minimum atomic E-state index is -3.44. The van der Waals surface area contributed by atoms with Gasteiger partial charge in [-0.2, -0.15) is 0 Å². The maximum atomic E-state index is 12.6. The Labute approximate surface area is 126 Å². The molecule has 2 rings (SSSR count). The molecule has 0 amide bonds. The van der Waals surface area contributed by atoms with Gasteiger partial charge >= 0.3 is 0 Å². The number of para-hydroxylation sites is 1. The standard InChI is InChI=1S/C16H20N2O2S/c1-13-7-3-6-10-16(13)18(2)21(19,20)12-15-9-5-4-8-14(15)11-17/h3-10H,11-12,17H2,1-2H3. The molecule has 0 aliphatic heterocycles. The number of nitrogens with two attached hydrogens (primary N) is 1. The average Bonchev–Trinajstić information content (AvgIpc) is 2.47. The van der Waals surface area contributed by atoms with Crippen molar-refractivity contribution in [2.45, 2.75) is 19.2 Å². The van der Waals surface area contributed by atoms with Gasteiger partial charge < -0.3 is 5.73 Å². The Hall–Kier alpha value is -1.85. The molecule has 0 radical (unpaired) electrons. The summed E-state index contributed by atoms with van der Waals surface area (Å²) in [5, 5.41) is 0. The fourth-order valence-electron chi connectivity index (χ4n) is 2.26. The fourth-order valence-corrected chi connectivity index (χ4v) is 3.63. The highest BCUT2D eigenvalue weighted by atomic mass is 32.2.